The summed E-state index contributed by atoms with van der Waals surface area (Å²) in [5.74, 6) is -0.272. The van der Waals surface area contributed by atoms with Gasteiger partial charge in [-0.1, -0.05) is 31.4 Å². The Hall–Kier alpha value is -2.14. The fourth-order valence-electron chi connectivity index (χ4n) is 3.66. The van der Waals surface area contributed by atoms with Crippen LogP contribution in [0.1, 0.15) is 48.2 Å². The van der Waals surface area contributed by atoms with Crippen LogP contribution < -0.4 is 5.32 Å². The van der Waals surface area contributed by atoms with Gasteiger partial charge in [0.05, 0.1) is 10.2 Å². The van der Waals surface area contributed by atoms with Gasteiger partial charge in [-0.25, -0.2) is 4.39 Å². The molecule has 3 nitrogen and oxygen atoms in total. The summed E-state index contributed by atoms with van der Waals surface area (Å²) < 4.78 is 16.6. The number of carbonyl (C=O) groups excluding carboxylic acids is 1. The monoisotopic (exact) mass is 356 g/mol. The zero-order valence-corrected chi connectivity index (χ0v) is 14.8. The van der Waals surface area contributed by atoms with Crippen LogP contribution in [0.5, 0.6) is 0 Å². The van der Waals surface area contributed by atoms with Crippen LogP contribution in [0.15, 0.2) is 41.8 Å². The number of benzene rings is 1. The summed E-state index contributed by atoms with van der Waals surface area (Å²) in [5, 5.41) is 5.22. The molecule has 2 heterocycles. The second-order valence-electron chi connectivity index (χ2n) is 6.72. The van der Waals surface area contributed by atoms with E-state index < -0.39 is 0 Å². The van der Waals surface area contributed by atoms with Crippen molar-refractivity contribution in [1.29, 1.82) is 0 Å². The molecule has 5 heteroatoms. The van der Waals surface area contributed by atoms with Gasteiger partial charge in [-0.3, -0.25) is 4.79 Å². The van der Waals surface area contributed by atoms with Gasteiger partial charge in [-0.2, -0.15) is 0 Å². The number of nitrogens with zero attached hydrogens (tertiary/aromatic N) is 1. The van der Waals surface area contributed by atoms with Crippen LogP contribution in [0.25, 0.3) is 10.2 Å². The third-order valence-electron chi connectivity index (χ3n) is 4.93. The summed E-state index contributed by atoms with van der Waals surface area (Å²) in [4.78, 5) is 12.9. The fourth-order valence-corrected chi connectivity index (χ4v) is 4.48. The van der Waals surface area contributed by atoms with E-state index in [1.54, 1.807) is 17.4 Å². The van der Waals surface area contributed by atoms with Crippen LogP contribution in [0.2, 0.25) is 0 Å². The average Bonchev–Trinajstić information content (AvgIpc) is 3.19. The summed E-state index contributed by atoms with van der Waals surface area (Å²) in [7, 11) is 0. The van der Waals surface area contributed by atoms with Crippen molar-refractivity contribution in [2.24, 2.45) is 0 Å². The van der Waals surface area contributed by atoms with E-state index in [2.05, 4.69) is 5.32 Å². The Morgan fingerprint density at radius 2 is 2.04 bits per heavy atom. The van der Waals surface area contributed by atoms with Gasteiger partial charge in [0.15, 0.2) is 0 Å². The van der Waals surface area contributed by atoms with Crippen molar-refractivity contribution in [3.05, 3.63) is 58.9 Å². The molecular formula is C20H21FN2OS. The van der Waals surface area contributed by atoms with Crippen molar-refractivity contribution in [3.8, 4) is 0 Å². The smallest absolute Gasteiger partial charge is 0.268 e. The lowest BCUT2D eigenvalue weighted by Gasteiger charge is -2.23. The molecule has 1 saturated carbocycles. The van der Waals surface area contributed by atoms with Crippen LogP contribution >= 0.6 is 11.3 Å². The maximum absolute atomic E-state index is 13.5. The highest BCUT2D eigenvalue weighted by Crippen LogP contribution is 2.27. The van der Waals surface area contributed by atoms with Gasteiger partial charge in [0.1, 0.15) is 11.5 Å². The summed E-state index contributed by atoms with van der Waals surface area (Å²) in [6, 6.07) is 10.8. The number of amides is 1. The molecule has 0 spiro atoms. The molecule has 1 aromatic carbocycles. The second-order valence-corrected chi connectivity index (χ2v) is 7.67. The molecule has 4 rings (SSSR count). The van der Waals surface area contributed by atoms with Crippen LogP contribution in [0.4, 0.5) is 4.39 Å². The van der Waals surface area contributed by atoms with E-state index in [1.807, 2.05) is 28.1 Å². The molecule has 0 bridgehead atoms. The number of rotatable bonds is 4. The zero-order valence-electron chi connectivity index (χ0n) is 14.0. The van der Waals surface area contributed by atoms with Crippen molar-refractivity contribution in [1.82, 2.24) is 9.88 Å². The van der Waals surface area contributed by atoms with Crippen LogP contribution in [0, 0.1) is 5.82 Å². The zero-order chi connectivity index (χ0) is 17.2. The predicted octanol–water partition coefficient (Wildman–Crippen LogP) is 4.95. The molecule has 1 aliphatic carbocycles. The maximum atomic E-state index is 13.5. The first kappa shape index (κ1) is 16.3. The Kier molecular flexibility index (Phi) is 4.57. The van der Waals surface area contributed by atoms with E-state index in [0.29, 0.717) is 12.2 Å². The minimum absolute atomic E-state index is 0.0216. The highest BCUT2D eigenvalue weighted by Gasteiger charge is 2.21. The Morgan fingerprint density at radius 1 is 1.20 bits per heavy atom. The highest BCUT2D eigenvalue weighted by molar-refractivity contribution is 7.17. The lowest BCUT2D eigenvalue weighted by molar-refractivity contribution is 0.0919. The highest BCUT2D eigenvalue weighted by atomic mass is 32.1. The third-order valence-corrected chi connectivity index (χ3v) is 5.78. The quantitative estimate of drug-likeness (QED) is 0.705. The topological polar surface area (TPSA) is 34.0 Å². The minimum atomic E-state index is -0.251. The number of nitrogens with one attached hydrogen (secondary N) is 1. The fraction of sp³-hybridized carbons (Fsp3) is 0.350. The molecule has 0 radical (unpaired) electrons. The lowest BCUT2D eigenvalue weighted by Crippen LogP contribution is -2.37. The standard InChI is InChI=1S/C20H21FN2OS/c21-15-6-4-5-14(11-15)13-23-17-9-10-25-19(17)12-18(23)20(24)22-16-7-2-1-3-8-16/h4-6,9-12,16H,1-3,7-8,13H2,(H,22,24). The number of carbonyl (C=O) groups is 1. The first-order chi connectivity index (χ1) is 12.2. The van der Waals surface area contributed by atoms with E-state index >= 15 is 0 Å². The van der Waals surface area contributed by atoms with Crippen LogP contribution in [-0.2, 0) is 6.54 Å². The number of thiophene rings is 1. The SMILES string of the molecule is O=C(NC1CCCCC1)c1cc2sccc2n1Cc1cccc(F)c1. The molecular weight excluding hydrogens is 335 g/mol. The van der Waals surface area contributed by atoms with Gasteiger partial charge in [-0.05, 0) is 48.1 Å². The van der Waals surface area contributed by atoms with Crippen LogP contribution in [0.3, 0.4) is 0 Å². The molecule has 3 aromatic rings. The summed E-state index contributed by atoms with van der Waals surface area (Å²) in [5.41, 5.74) is 2.55. The molecule has 0 unspecified atom stereocenters. The first-order valence-electron chi connectivity index (χ1n) is 8.83. The van der Waals surface area contributed by atoms with Gasteiger partial charge in [0.2, 0.25) is 0 Å². The molecule has 130 valence electrons. The van der Waals surface area contributed by atoms with E-state index in [0.717, 1.165) is 28.6 Å². The largest absolute Gasteiger partial charge is 0.348 e. The molecule has 0 saturated heterocycles. The minimum Gasteiger partial charge on any atom is -0.348 e. The first-order valence-corrected chi connectivity index (χ1v) is 9.71. The van der Waals surface area contributed by atoms with Crippen molar-refractivity contribution in [2.45, 2.75) is 44.7 Å². The number of hydrogen-bond donors (Lipinski definition) is 1. The average molecular weight is 356 g/mol. The van der Waals surface area contributed by atoms with Gasteiger partial charge in [0.25, 0.3) is 5.91 Å². The Labute approximate surface area is 150 Å². The molecule has 1 aliphatic rings. The Balaban J connectivity index is 1.63. The second kappa shape index (κ2) is 7.00. The lowest BCUT2D eigenvalue weighted by atomic mass is 9.95. The molecule has 1 N–H and O–H groups in total. The summed E-state index contributed by atoms with van der Waals surface area (Å²) >= 11 is 1.62. The molecule has 1 fully saturated rings. The summed E-state index contributed by atoms with van der Waals surface area (Å²) in [6.45, 7) is 0.491. The van der Waals surface area contributed by atoms with Gasteiger partial charge in [-0.15, -0.1) is 11.3 Å². The van der Waals surface area contributed by atoms with Crippen molar-refractivity contribution in [2.75, 3.05) is 0 Å². The van der Waals surface area contributed by atoms with E-state index in [9.17, 15) is 9.18 Å². The summed E-state index contributed by atoms with van der Waals surface area (Å²) in [6.07, 6.45) is 5.75. The Morgan fingerprint density at radius 3 is 2.84 bits per heavy atom. The number of halogens is 1. The van der Waals surface area contributed by atoms with E-state index in [-0.39, 0.29) is 17.8 Å². The van der Waals surface area contributed by atoms with Crippen LogP contribution in [-0.4, -0.2) is 16.5 Å². The van der Waals surface area contributed by atoms with Gasteiger partial charge < -0.3 is 9.88 Å². The Bertz CT molecular complexity index is 892. The maximum Gasteiger partial charge on any atom is 0.268 e. The number of hydrogen-bond acceptors (Lipinski definition) is 2. The molecule has 25 heavy (non-hydrogen) atoms. The van der Waals surface area contributed by atoms with Gasteiger partial charge in [0, 0.05) is 12.6 Å². The predicted molar refractivity (Wildman–Crippen MR) is 99.7 cm³/mol. The number of aromatic nitrogens is 1. The molecule has 1 amide bonds. The van der Waals surface area contributed by atoms with Crippen molar-refractivity contribution < 1.29 is 9.18 Å². The third kappa shape index (κ3) is 3.47. The normalized spacial score (nSPS) is 15.6. The molecule has 0 aliphatic heterocycles. The van der Waals surface area contributed by atoms with E-state index in [1.165, 1.54) is 31.4 Å². The number of fused-ring (bicyclic) bond motifs is 1. The van der Waals surface area contributed by atoms with Gasteiger partial charge >= 0.3 is 0 Å². The molecule has 0 atom stereocenters. The molecule has 2 aromatic heterocycles. The van der Waals surface area contributed by atoms with Crippen molar-refractivity contribution in [3.63, 3.8) is 0 Å². The van der Waals surface area contributed by atoms with Crippen molar-refractivity contribution >= 4 is 27.5 Å². The van der Waals surface area contributed by atoms with E-state index in [4.69, 9.17) is 0 Å².